The maximum absolute atomic E-state index is 13.2. The molecule has 4 rings (SSSR count). The van der Waals surface area contributed by atoms with Crippen LogP contribution in [0.5, 0.6) is 0 Å². The Morgan fingerprint density at radius 2 is 1.87 bits per heavy atom. The number of aryl methyl sites for hydroxylation is 1. The Labute approximate surface area is 172 Å². The molecule has 30 heavy (non-hydrogen) atoms. The van der Waals surface area contributed by atoms with Gasteiger partial charge in [0.25, 0.3) is 11.8 Å². The number of imide groups is 1. The molecule has 1 aromatic carbocycles. The molecule has 0 fully saturated rings. The van der Waals surface area contributed by atoms with Crippen LogP contribution in [-0.4, -0.2) is 45.0 Å². The van der Waals surface area contributed by atoms with Crippen LogP contribution in [0.2, 0.25) is 0 Å². The third-order valence-corrected chi connectivity index (χ3v) is 5.10. The van der Waals surface area contributed by atoms with Crippen LogP contribution >= 0.6 is 0 Å². The van der Waals surface area contributed by atoms with E-state index < -0.39 is 5.91 Å². The maximum atomic E-state index is 13.2. The van der Waals surface area contributed by atoms with Gasteiger partial charge in [0.2, 0.25) is 0 Å². The summed E-state index contributed by atoms with van der Waals surface area (Å²) in [5.74, 6) is -1.13. The predicted molar refractivity (Wildman–Crippen MR) is 112 cm³/mol. The van der Waals surface area contributed by atoms with E-state index in [0.717, 1.165) is 10.3 Å². The lowest BCUT2D eigenvalue weighted by atomic mass is 10.0. The predicted octanol–water partition coefficient (Wildman–Crippen LogP) is 3.02. The Hall–Kier alpha value is -3.58. The SMILES string of the molecule is CN1C(=O)C(C=Cc2ccc(F)cc2)=C(c2cn(CCCO)c3ncccc23)C1=O. The number of aliphatic hydroxyl groups is 1. The third kappa shape index (κ3) is 3.44. The molecule has 1 aliphatic rings. The quantitative estimate of drug-likeness (QED) is 0.640. The fraction of sp³-hybridized carbons (Fsp3) is 0.174. The van der Waals surface area contributed by atoms with Crippen LogP contribution in [0.1, 0.15) is 17.5 Å². The van der Waals surface area contributed by atoms with Crippen LogP contribution < -0.4 is 0 Å². The molecule has 3 heterocycles. The molecule has 1 N–H and O–H groups in total. The zero-order chi connectivity index (χ0) is 21.3. The molecule has 152 valence electrons. The lowest BCUT2D eigenvalue weighted by molar-refractivity contribution is -0.135. The van der Waals surface area contributed by atoms with Crippen molar-refractivity contribution in [3.63, 3.8) is 0 Å². The van der Waals surface area contributed by atoms with Crippen molar-refractivity contribution in [1.82, 2.24) is 14.5 Å². The van der Waals surface area contributed by atoms with E-state index in [9.17, 15) is 19.1 Å². The number of likely N-dealkylation sites (N-methyl/N-ethyl adjacent to an activating group) is 1. The number of aromatic nitrogens is 2. The highest BCUT2D eigenvalue weighted by Gasteiger charge is 2.36. The third-order valence-electron chi connectivity index (χ3n) is 5.10. The summed E-state index contributed by atoms with van der Waals surface area (Å²) in [6, 6.07) is 9.51. The normalized spacial score (nSPS) is 14.7. The molecule has 0 radical (unpaired) electrons. The number of aliphatic hydroxyl groups excluding tert-OH is 1. The van der Waals surface area contributed by atoms with Crippen LogP contribution in [0, 0.1) is 5.82 Å². The summed E-state index contributed by atoms with van der Waals surface area (Å²) in [6.07, 6.45) is 7.29. The van der Waals surface area contributed by atoms with Gasteiger partial charge in [-0.15, -0.1) is 0 Å². The minimum absolute atomic E-state index is 0.0380. The highest BCUT2D eigenvalue weighted by atomic mass is 19.1. The van der Waals surface area contributed by atoms with E-state index in [0.29, 0.717) is 35.3 Å². The van der Waals surface area contributed by atoms with Gasteiger partial charge in [0.1, 0.15) is 11.5 Å². The molecule has 0 aliphatic carbocycles. The Kier molecular flexibility index (Phi) is 5.29. The van der Waals surface area contributed by atoms with Gasteiger partial charge >= 0.3 is 0 Å². The number of hydrogen-bond acceptors (Lipinski definition) is 4. The summed E-state index contributed by atoms with van der Waals surface area (Å²) in [5.41, 5.74) is 2.60. The average Bonchev–Trinajstić information content (AvgIpc) is 3.22. The fourth-order valence-electron chi connectivity index (χ4n) is 3.56. The Bertz CT molecular complexity index is 1190. The molecule has 2 amide bonds. The number of benzene rings is 1. The molecule has 1 aliphatic heterocycles. The van der Waals surface area contributed by atoms with E-state index >= 15 is 0 Å². The molecular formula is C23H20FN3O3. The van der Waals surface area contributed by atoms with Gasteiger partial charge in [0.05, 0.1) is 11.1 Å². The number of halogens is 1. The van der Waals surface area contributed by atoms with E-state index in [1.807, 2.05) is 10.6 Å². The van der Waals surface area contributed by atoms with Gasteiger partial charge in [-0.05, 0) is 42.3 Å². The van der Waals surface area contributed by atoms with Gasteiger partial charge in [-0.25, -0.2) is 9.37 Å². The minimum Gasteiger partial charge on any atom is -0.396 e. The zero-order valence-corrected chi connectivity index (χ0v) is 16.4. The molecule has 0 bridgehead atoms. The van der Waals surface area contributed by atoms with Crippen molar-refractivity contribution in [2.24, 2.45) is 0 Å². The summed E-state index contributed by atoms with van der Waals surface area (Å²) in [7, 11) is 1.45. The summed E-state index contributed by atoms with van der Waals surface area (Å²) >= 11 is 0. The first-order valence-electron chi connectivity index (χ1n) is 9.56. The molecule has 6 nitrogen and oxygen atoms in total. The van der Waals surface area contributed by atoms with E-state index in [4.69, 9.17) is 0 Å². The molecule has 0 atom stereocenters. The number of nitrogens with zero attached hydrogens (tertiary/aromatic N) is 3. The number of hydrogen-bond donors (Lipinski definition) is 1. The van der Waals surface area contributed by atoms with E-state index in [-0.39, 0.29) is 23.9 Å². The van der Waals surface area contributed by atoms with Crippen LogP contribution in [0.25, 0.3) is 22.7 Å². The van der Waals surface area contributed by atoms with Gasteiger partial charge in [0.15, 0.2) is 0 Å². The monoisotopic (exact) mass is 405 g/mol. The number of pyridine rings is 1. The molecule has 2 aromatic heterocycles. The fourth-order valence-corrected chi connectivity index (χ4v) is 3.56. The lowest BCUT2D eigenvalue weighted by Crippen LogP contribution is -2.26. The average molecular weight is 405 g/mol. The molecule has 3 aromatic rings. The topological polar surface area (TPSA) is 75.4 Å². The highest BCUT2D eigenvalue weighted by Crippen LogP contribution is 2.34. The van der Waals surface area contributed by atoms with Crippen molar-refractivity contribution < 1.29 is 19.1 Å². The summed E-state index contributed by atoms with van der Waals surface area (Å²) in [5, 5.41) is 9.94. The largest absolute Gasteiger partial charge is 0.396 e. The second kappa shape index (κ2) is 8.04. The van der Waals surface area contributed by atoms with Crippen molar-refractivity contribution >= 4 is 34.5 Å². The molecule has 7 heteroatoms. The standard InChI is InChI=1S/C23H20FN3O3/c1-26-22(29)18(10-7-15-5-8-16(24)9-6-15)20(23(26)30)19-14-27(12-3-13-28)21-17(19)4-2-11-25-21/h2,4-11,14,28H,3,12-13H2,1H3. The van der Waals surface area contributed by atoms with Gasteiger partial charge in [-0.2, -0.15) is 0 Å². The summed E-state index contributed by atoms with van der Waals surface area (Å²) in [6.45, 7) is 0.576. The summed E-state index contributed by atoms with van der Waals surface area (Å²) < 4.78 is 15.0. The van der Waals surface area contributed by atoms with Crippen molar-refractivity contribution in [3.05, 3.63) is 77.4 Å². The first-order valence-corrected chi connectivity index (χ1v) is 9.56. The van der Waals surface area contributed by atoms with Crippen molar-refractivity contribution in [3.8, 4) is 0 Å². The molecular weight excluding hydrogens is 385 g/mol. The van der Waals surface area contributed by atoms with E-state index in [1.165, 1.54) is 19.2 Å². The van der Waals surface area contributed by atoms with Gasteiger partial charge < -0.3 is 9.67 Å². The number of carbonyl (C=O) groups excluding carboxylic acids is 2. The number of amides is 2. The van der Waals surface area contributed by atoms with E-state index in [1.54, 1.807) is 42.7 Å². The van der Waals surface area contributed by atoms with E-state index in [2.05, 4.69) is 4.98 Å². The lowest BCUT2D eigenvalue weighted by Gasteiger charge is -2.05. The second-order valence-electron chi connectivity index (χ2n) is 7.03. The number of carbonyl (C=O) groups is 2. The Morgan fingerprint density at radius 1 is 1.10 bits per heavy atom. The first kappa shape index (κ1) is 19.7. The first-order chi connectivity index (χ1) is 14.5. The molecule has 0 saturated heterocycles. The van der Waals surface area contributed by atoms with Crippen molar-refractivity contribution in [2.75, 3.05) is 13.7 Å². The Morgan fingerprint density at radius 3 is 2.60 bits per heavy atom. The van der Waals surface area contributed by atoms with Gasteiger partial charge in [-0.1, -0.05) is 18.2 Å². The maximum Gasteiger partial charge on any atom is 0.261 e. The zero-order valence-electron chi connectivity index (χ0n) is 16.4. The molecule has 0 unspecified atom stereocenters. The van der Waals surface area contributed by atoms with Gasteiger partial charge in [0, 0.05) is 43.5 Å². The smallest absolute Gasteiger partial charge is 0.261 e. The van der Waals surface area contributed by atoms with Crippen LogP contribution in [0.3, 0.4) is 0 Å². The van der Waals surface area contributed by atoms with Crippen molar-refractivity contribution in [2.45, 2.75) is 13.0 Å². The van der Waals surface area contributed by atoms with Gasteiger partial charge in [-0.3, -0.25) is 14.5 Å². The van der Waals surface area contributed by atoms with Crippen LogP contribution in [0.15, 0.2) is 60.4 Å². The van der Waals surface area contributed by atoms with Crippen molar-refractivity contribution in [1.29, 1.82) is 0 Å². The number of rotatable bonds is 6. The minimum atomic E-state index is -0.395. The van der Waals surface area contributed by atoms with Crippen LogP contribution in [0.4, 0.5) is 4.39 Å². The molecule has 0 saturated carbocycles. The van der Waals surface area contributed by atoms with Crippen LogP contribution in [-0.2, 0) is 16.1 Å². The Balaban J connectivity index is 1.86. The summed E-state index contributed by atoms with van der Waals surface area (Å²) in [4.78, 5) is 31.2. The molecule has 0 spiro atoms. The second-order valence-corrected chi connectivity index (χ2v) is 7.03. The number of fused-ring (bicyclic) bond motifs is 1. The highest BCUT2D eigenvalue weighted by molar-refractivity contribution is 6.38.